The highest BCUT2D eigenvalue weighted by atomic mass is 35.5. The van der Waals surface area contributed by atoms with Crippen molar-refractivity contribution in [1.29, 1.82) is 0 Å². The molecule has 2 aromatic heterocycles. The van der Waals surface area contributed by atoms with E-state index in [2.05, 4.69) is 10.6 Å². The van der Waals surface area contributed by atoms with Crippen LogP contribution in [0.25, 0.3) is 22.2 Å². The van der Waals surface area contributed by atoms with E-state index in [0.717, 1.165) is 51.7 Å². The lowest BCUT2D eigenvalue weighted by Gasteiger charge is -2.25. The van der Waals surface area contributed by atoms with Gasteiger partial charge in [0, 0.05) is 28.4 Å². The Bertz CT molecular complexity index is 1390. The number of Topliss-reactive ketones (excluding diaryl/α,β-unsaturated/α-hetero) is 2. The molecule has 0 spiro atoms. The summed E-state index contributed by atoms with van der Waals surface area (Å²) in [5.41, 5.74) is 5.54. The standard InChI is InChI=1S/C25H18ClN2O2/c26-16-7-5-15-6-8-22(25(30)20(15)13-16)28-12-9-19-21(28)10-11-27-14-23(29)17-3-1-2-4-18(17)24(19)27/h1-5,7,9-13,22H,6,8,14H2/q+1. The Hall–Kier alpha value is -3.24. The largest absolute Gasteiger partial charge is 0.336 e. The molecule has 30 heavy (non-hydrogen) atoms. The fourth-order valence-electron chi connectivity index (χ4n) is 4.97. The topological polar surface area (TPSA) is 43.0 Å². The minimum Gasteiger partial charge on any atom is -0.336 e. The van der Waals surface area contributed by atoms with Crippen molar-refractivity contribution in [2.75, 3.05) is 0 Å². The third-order valence-corrected chi connectivity index (χ3v) is 6.61. The van der Waals surface area contributed by atoms with Crippen LogP contribution < -0.4 is 4.57 Å². The second-order valence-corrected chi connectivity index (χ2v) is 8.44. The molecule has 2 aliphatic rings. The van der Waals surface area contributed by atoms with Crippen LogP contribution in [0, 0.1) is 0 Å². The Morgan fingerprint density at radius 3 is 2.67 bits per heavy atom. The number of fused-ring (bicyclic) bond motifs is 6. The van der Waals surface area contributed by atoms with Crippen molar-refractivity contribution in [2.24, 2.45) is 0 Å². The van der Waals surface area contributed by atoms with E-state index >= 15 is 0 Å². The first kappa shape index (κ1) is 17.6. The van der Waals surface area contributed by atoms with E-state index in [1.165, 1.54) is 0 Å². The van der Waals surface area contributed by atoms with E-state index in [4.69, 9.17) is 11.6 Å². The van der Waals surface area contributed by atoms with Gasteiger partial charge < -0.3 is 4.57 Å². The molecule has 0 radical (unpaired) electrons. The average Bonchev–Trinajstić information content (AvgIpc) is 3.18. The Morgan fingerprint density at radius 1 is 0.967 bits per heavy atom. The molecule has 0 amide bonds. The maximum Gasteiger partial charge on any atom is 0.228 e. The van der Waals surface area contributed by atoms with Crippen LogP contribution in [0.2, 0.25) is 5.02 Å². The van der Waals surface area contributed by atoms with Crippen molar-refractivity contribution in [3.63, 3.8) is 0 Å². The first-order valence-electron chi connectivity index (χ1n) is 10.1. The quantitative estimate of drug-likeness (QED) is 0.420. The summed E-state index contributed by atoms with van der Waals surface area (Å²) in [4.78, 5) is 25.9. The van der Waals surface area contributed by atoms with Gasteiger partial charge in [-0.25, -0.2) is 0 Å². The minimum atomic E-state index is -0.253. The maximum absolute atomic E-state index is 13.3. The molecule has 146 valence electrons. The van der Waals surface area contributed by atoms with Gasteiger partial charge in [0.05, 0.1) is 22.5 Å². The minimum absolute atomic E-state index is 0.109. The zero-order chi connectivity index (χ0) is 20.4. The van der Waals surface area contributed by atoms with E-state index in [9.17, 15) is 9.59 Å². The number of aryl methyl sites for hydroxylation is 1. The summed E-state index contributed by atoms with van der Waals surface area (Å²) in [5.74, 6) is 0.232. The molecule has 6 rings (SSSR count). The summed E-state index contributed by atoms with van der Waals surface area (Å²) in [7, 11) is 0. The second kappa shape index (κ2) is 6.38. The zero-order valence-corrected chi connectivity index (χ0v) is 16.9. The molecule has 0 bridgehead atoms. The number of halogens is 1. The van der Waals surface area contributed by atoms with Gasteiger partial charge in [-0.3, -0.25) is 9.59 Å². The Labute approximate surface area is 178 Å². The molecule has 4 nitrogen and oxygen atoms in total. The molecule has 2 aromatic carbocycles. The highest BCUT2D eigenvalue weighted by Gasteiger charge is 2.34. The fourth-order valence-corrected chi connectivity index (χ4v) is 5.14. The molecular weight excluding hydrogens is 396 g/mol. The van der Waals surface area contributed by atoms with Crippen molar-refractivity contribution >= 4 is 34.1 Å². The van der Waals surface area contributed by atoms with Crippen molar-refractivity contribution in [2.45, 2.75) is 25.4 Å². The number of hydrogen-bond acceptors (Lipinski definition) is 2. The summed E-state index contributed by atoms with van der Waals surface area (Å²) in [5, 5.41) is 1.65. The van der Waals surface area contributed by atoms with Crippen molar-refractivity contribution in [3.8, 4) is 11.3 Å². The van der Waals surface area contributed by atoms with E-state index in [1.807, 2.05) is 59.4 Å². The second-order valence-electron chi connectivity index (χ2n) is 8.00. The molecule has 1 aliphatic heterocycles. The van der Waals surface area contributed by atoms with Gasteiger partial charge in [0.25, 0.3) is 0 Å². The van der Waals surface area contributed by atoms with Crippen LogP contribution in [0.4, 0.5) is 0 Å². The van der Waals surface area contributed by atoms with Crippen LogP contribution in [0.3, 0.4) is 0 Å². The van der Waals surface area contributed by atoms with Crippen molar-refractivity contribution in [3.05, 3.63) is 88.7 Å². The third kappa shape index (κ3) is 2.44. The first-order chi connectivity index (χ1) is 14.6. The molecule has 1 aliphatic carbocycles. The van der Waals surface area contributed by atoms with E-state index in [0.29, 0.717) is 11.6 Å². The predicted molar refractivity (Wildman–Crippen MR) is 115 cm³/mol. The highest BCUT2D eigenvalue weighted by molar-refractivity contribution is 6.31. The molecule has 0 saturated heterocycles. The summed E-state index contributed by atoms with van der Waals surface area (Å²) >= 11 is 6.16. The zero-order valence-electron chi connectivity index (χ0n) is 16.1. The number of hydrogen-bond donors (Lipinski definition) is 0. The number of pyridine rings is 1. The Kier molecular flexibility index (Phi) is 3.74. The monoisotopic (exact) mass is 413 g/mol. The van der Waals surface area contributed by atoms with Gasteiger partial charge in [-0.1, -0.05) is 35.9 Å². The molecule has 0 saturated carbocycles. The lowest BCUT2D eigenvalue weighted by Crippen LogP contribution is -2.43. The lowest BCUT2D eigenvalue weighted by molar-refractivity contribution is -0.672. The van der Waals surface area contributed by atoms with Gasteiger partial charge in [-0.15, -0.1) is 0 Å². The number of carbonyl (C=O) groups is 2. The van der Waals surface area contributed by atoms with Crippen LogP contribution in [-0.2, 0) is 13.0 Å². The number of carbonyl (C=O) groups excluding carboxylic acids is 2. The SMILES string of the molecule is O=C1C[n+]2ccc3c(ccn3C3CCc4ccc(Cl)cc4C3=O)c2-c2ccccc21. The van der Waals surface area contributed by atoms with Crippen LogP contribution in [-0.4, -0.2) is 16.1 Å². The van der Waals surface area contributed by atoms with E-state index in [-0.39, 0.29) is 17.6 Å². The third-order valence-electron chi connectivity index (χ3n) is 6.37. The Morgan fingerprint density at radius 2 is 1.80 bits per heavy atom. The number of aromatic nitrogens is 2. The molecule has 0 fully saturated rings. The van der Waals surface area contributed by atoms with Crippen LogP contribution in [0.15, 0.2) is 67.0 Å². The van der Waals surface area contributed by atoms with Gasteiger partial charge in [0.2, 0.25) is 18.0 Å². The van der Waals surface area contributed by atoms with Gasteiger partial charge in [0.1, 0.15) is 0 Å². The molecule has 5 heteroatoms. The molecular formula is C25H18ClN2O2+. The molecule has 1 unspecified atom stereocenters. The number of rotatable bonds is 1. The van der Waals surface area contributed by atoms with Crippen molar-refractivity contribution in [1.82, 2.24) is 4.57 Å². The average molecular weight is 414 g/mol. The van der Waals surface area contributed by atoms with Gasteiger partial charge in [0.15, 0.2) is 12.0 Å². The number of ketones is 2. The molecule has 1 atom stereocenters. The molecule has 0 N–H and O–H groups in total. The first-order valence-corrected chi connectivity index (χ1v) is 10.5. The van der Waals surface area contributed by atoms with E-state index in [1.54, 1.807) is 6.07 Å². The van der Waals surface area contributed by atoms with Gasteiger partial charge >= 0.3 is 0 Å². The number of nitrogens with zero attached hydrogens (tertiary/aromatic N) is 2. The summed E-state index contributed by atoms with van der Waals surface area (Å²) in [6.45, 7) is 0.335. The smallest absolute Gasteiger partial charge is 0.228 e. The Balaban J connectivity index is 1.52. The number of benzene rings is 2. The summed E-state index contributed by atoms with van der Waals surface area (Å²) in [6, 6.07) is 17.2. The maximum atomic E-state index is 13.3. The van der Waals surface area contributed by atoms with Crippen molar-refractivity contribution < 1.29 is 14.2 Å². The fraction of sp³-hybridized carbons (Fsp3) is 0.160. The summed E-state index contributed by atoms with van der Waals surface area (Å²) in [6.07, 6.45) is 5.57. The normalized spacial score (nSPS) is 17.6. The summed E-state index contributed by atoms with van der Waals surface area (Å²) < 4.78 is 4.09. The molecule has 3 heterocycles. The van der Waals surface area contributed by atoms with E-state index < -0.39 is 0 Å². The van der Waals surface area contributed by atoms with Crippen LogP contribution in [0.5, 0.6) is 0 Å². The van der Waals surface area contributed by atoms with Crippen LogP contribution in [0.1, 0.15) is 38.7 Å². The van der Waals surface area contributed by atoms with Crippen LogP contribution >= 0.6 is 11.6 Å². The highest BCUT2D eigenvalue weighted by Crippen LogP contribution is 2.36. The van der Waals surface area contributed by atoms with Gasteiger partial charge in [-0.05, 0) is 42.7 Å². The predicted octanol–water partition coefficient (Wildman–Crippen LogP) is 4.82. The van der Waals surface area contributed by atoms with Gasteiger partial charge in [-0.2, -0.15) is 4.57 Å². The lowest BCUT2D eigenvalue weighted by atomic mass is 9.87. The molecule has 4 aromatic rings.